The Morgan fingerprint density at radius 1 is 1.19 bits per heavy atom. The number of fused-ring (bicyclic) bond motifs is 1. The van der Waals surface area contributed by atoms with Gasteiger partial charge >= 0.3 is 0 Å². The largest absolute Gasteiger partial charge is 0.356 e. The van der Waals surface area contributed by atoms with Crippen LogP contribution in [0, 0.1) is 5.82 Å². The number of aromatic nitrogens is 4. The zero-order valence-corrected chi connectivity index (χ0v) is 14.8. The lowest BCUT2D eigenvalue weighted by Gasteiger charge is -2.19. The van der Waals surface area contributed by atoms with Crippen LogP contribution in [0.1, 0.15) is 19.4 Å². The van der Waals surface area contributed by atoms with Crippen molar-refractivity contribution in [3.05, 3.63) is 48.2 Å². The Morgan fingerprint density at radius 2 is 1.92 bits per heavy atom. The van der Waals surface area contributed by atoms with Crippen molar-refractivity contribution in [3.8, 4) is 0 Å². The first-order chi connectivity index (χ1) is 12.6. The molecule has 3 aromatic rings. The molecule has 1 N–H and O–H groups in total. The van der Waals surface area contributed by atoms with Gasteiger partial charge in [-0.25, -0.2) is 19.0 Å². The number of nitrogens with zero attached hydrogens (tertiary/aromatic N) is 5. The zero-order chi connectivity index (χ0) is 18.5. The summed E-state index contributed by atoms with van der Waals surface area (Å²) in [6, 6.07) is 6.02. The molecule has 0 fully saturated rings. The number of hydrogen-bond acceptors (Lipinski definition) is 5. The summed E-state index contributed by atoms with van der Waals surface area (Å²) in [6.07, 6.45) is 3.18. The van der Waals surface area contributed by atoms with Crippen molar-refractivity contribution in [3.63, 3.8) is 0 Å². The zero-order valence-electron chi connectivity index (χ0n) is 14.8. The Hall–Kier alpha value is -3.03. The van der Waals surface area contributed by atoms with E-state index in [1.165, 1.54) is 18.5 Å². The van der Waals surface area contributed by atoms with Crippen molar-refractivity contribution < 1.29 is 9.18 Å². The molecule has 2 heterocycles. The highest BCUT2D eigenvalue weighted by molar-refractivity contribution is 5.87. The van der Waals surface area contributed by atoms with E-state index in [4.69, 9.17) is 0 Å². The van der Waals surface area contributed by atoms with Gasteiger partial charge in [0.15, 0.2) is 5.65 Å². The third-order valence-electron chi connectivity index (χ3n) is 4.17. The molecule has 3 rings (SSSR count). The summed E-state index contributed by atoms with van der Waals surface area (Å²) in [5, 5.41) is 7.92. The minimum atomic E-state index is -0.299. The Labute approximate surface area is 150 Å². The fraction of sp³-hybridized carbons (Fsp3) is 0.333. The maximum absolute atomic E-state index is 12.9. The van der Waals surface area contributed by atoms with Crippen molar-refractivity contribution in [2.75, 3.05) is 18.0 Å². The molecule has 26 heavy (non-hydrogen) atoms. The molecule has 0 radical (unpaired) electrons. The second-order valence-corrected chi connectivity index (χ2v) is 5.81. The fourth-order valence-corrected chi connectivity index (χ4v) is 2.77. The molecule has 7 nitrogen and oxygen atoms in total. The first kappa shape index (κ1) is 17.8. The summed E-state index contributed by atoms with van der Waals surface area (Å²) in [7, 11) is 0. The molecule has 0 bridgehead atoms. The highest BCUT2D eigenvalue weighted by atomic mass is 19.1. The van der Waals surface area contributed by atoms with Gasteiger partial charge in [-0.05, 0) is 31.5 Å². The van der Waals surface area contributed by atoms with Crippen LogP contribution in [0.25, 0.3) is 11.0 Å². The molecule has 8 heteroatoms. The predicted molar refractivity (Wildman–Crippen MR) is 97.1 cm³/mol. The van der Waals surface area contributed by atoms with Gasteiger partial charge in [-0.1, -0.05) is 12.1 Å². The summed E-state index contributed by atoms with van der Waals surface area (Å²) in [5.41, 5.74) is 1.45. The molecule has 0 saturated carbocycles. The molecule has 0 aliphatic heterocycles. The molecule has 0 aliphatic rings. The van der Waals surface area contributed by atoms with Crippen LogP contribution < -0.4 is 10.2 Å². The Kier molecular flexibility index (Phi) is 5.40. The van der Waals surface area contributed by atoms with Crippen LogP contribution >= 0.6 is 0 Å². The average molecular weight is 356 g/mol. The third-order valence-corrected chi connectivity index (χ3v) is 4.17. The number of nitrogens with one attached hydrogen (secondary N) is 1. The first-order valence-electron chi connectivity index (χ1n) is 8.55. The van der Waals surface area contributed by atoms with Crippen LogP contribution in [-0.4, -0.2) is 38.7 Å². The second-order valence-electron chi connectivity index (χ2n) is 5.81. The standard InChI is InChI=1S/C18H21FN6O/c1-3-24(4-2)17-15-10-23-25(18(15)22-12-21-17)11-16(26)20-9-13-5-7-14(19)8-6-13/h5-8,10,12H,3-4,9,11H2,1-2H3,(H,20,26). The Balaban J connectivity index is 1.71. The number of rotatable bonds is 7. The second kappa shape index (κ2) is 7.90. The molecule has 1 amide bonds. The maximum atomic E-state index is 12.9. The van der Waals surface area contributed by atoms with Crippen molar-refractivity contribution >= 4 is 22.8 Å². The maximum Gasteiger partial charge on any atom is 0.242 e. The van der Waals surface area contributed by atoms with Crippen LogP contribution in [-0.2, 0) is 17.9 Å². The van der Waals surface area contributed by atoms with Crippen LogP contribution in [0.15, 0.2) is 36.8 Å². The highest BCUT2D eigenvalue weighted by Gasteiger charge is 2.15. The predicted octanol–water partition coefficient (Wildman–Crippen LogP) is 2.13. The van der Waals surface area contributed by atoms with Crippen LogP contribution in [0.2, 0.25) is 0 Å². The van der Waals surface area contributed by atoms with Gasteiger partial charge in [0.2, 0.25) is 5.91 Å². The number of benzene rings is 1. The van der Waals surface area contributed by atoms with Crippen molar-refractivity contribution in [1.82, 2.24) is 25.1 Å². The third kappa shape index (κ3) is 3.79. The molecule has 1 aromatic carbocycles. The lowest BCUT2D eigenvalue weighted by atomic mass is 10.2. The molecular weight excluding hydrogens is 335 g/mol. The average Bonchev–Trinajstić information content (AvgIpc) is 3.06. The van der Waals surface area contributed by atoms with Crippen molar-refractivity contribution in [1.29, 1.82) is 0 Å². The van der Waals surface area contributed by atoms with E-state index in [1.807, 2.05) is 0 Å². The normalized spacial score (nSPS) is 10.9. The number of anilines is 1. The molecule has 0 atom stereocenters. The van der Waals surface area contributed by atoms with E-state index in [0.717, 1.165) is 29.9 Å². The lowest BCUT2D eigenvalue weighted by Crippen LogP contribution is -2.27. The summed E-state index contributed by atoms with van der Waals surface area (Å²) in [5.74, 6) is 0.326. The van der Waals surface area contributed by atoms with Gasteiger partial charge in [0.1, 0.15) is 24.5 Å². The number of amides is 1. The molecule has 0 aliphatic carbocycles. The molecule has 0 saturated heterocycles. The summed E-state index contributed by atoms with van der Waals surface area (Å²) in [4.78, 5) is 23.0. The van der Waals surface area contributed by atoms with Crippen LogP contribution in [0.5, 0.6) is 0 Å². The molecule has 136 valence electrons. The Bertz CT molecular complexity index is 888. The van der Waals surface area contributed by atoms with Crippen LogP contribution in [0.4, 0.5) is 10.2 Å². The van der Waals surface area contributed by atoms with Crippen LogP contribution in [0.3, 0.4) is 0 Å². The van der Waals surface area contributed by atoms with E-state index in [-0.39, 0.29) is 18.3 Å². The fourth-order valence-electron chi connectivity index (χ4n) is 2.77. The number of carbonyl (C=O) groups is 1. The molecular formula is C18H21FN6O. The number of halogens is 1. The summed E-state index contributed by atoms with van der Waals surface area (Å²) >= 11 is 0. The van der Waals surface area contributed by atoms with Crippen molar-refractivity contribution in [2.24, 2.45) is 0 Å². The molecule has 2 aromatic heterocycles. The first-order valence-corrected chi connectivity index (χ1v) is 8.55. The minimum Gasteiger partial charge on any atom is -0.356 e. The van der Waals surface area contributed by atoms with Gasteiger partial charge in [0.05, 0.1) is 11.6 Å². The van der Waals surface area contributed by atoms with E-state index < -0.39 is 0 Å². The minimum absolute atomic E-state index is 0.0550. The van der Waals surface area contributed by atoms with Gasteiger partial charge in [-0.3, -0.25) is 4.79 Å². The van der Waals surface area contributed by atoms with E-state index in [0.29, 0.717) is 12.2 Å². The van der Waals surface area contributed by atoms with Gasteiger partial charge in [0.25, 0.3) is 0 Å². The van der Waals surface area contributed by atoms with E-state index in [1.54, 1.807) is 23.0 Å². The van der Waals surface area contributed by atoms with Gasteiger partial charge < -0.3 is 10.2 Å². The number of carbonyl (C=O) groups excluding carboxylic acids is 1. The van der Waals surface area contributed by atoms with Gasteiger partial charge in [-0.15, -0.1) is 0 Å². The van der Waals surface area contributed by atoms with Crippen molar-refractivity contribution in [2.45, 2.75) is 26.9 Å². The molecule has 0 unspecified atom stereocenters. The quantitative estimate of drug-likeness (QED) is 0.702. The van der Waals surface area contributed by atoms with E-state index >= 15 is 0 Å². The monoisotopic (exact) mass is 356 g/mol. The van der Waals surface area contributed by atoms with E-state index in [2.05, 4.69) is 39.1 Å². The molecule has 0 spiro atoms. The van der Waals surface area contributed by atoms with Gasteiger partial charge in [-0.2, -0.15) is 5.10 Å². The topological polar surface area (TPSA) is 75.9 Å². The smallest absolute Gasteiger partial charge is 0.242 e. The van der Waals surface area contributed by atoms with Gasteiger partial charge in [0, 0.05) is 19.6 Å². The highest BCUT2D eigenvalue weighted by Crippen LogP contribution is 2.22. The lowest BCUT2D eigenvalue weighted by molar-refractivity contribution is -0.121. The summed E-state index contributed by atoms with van der Waals surface area (Å²) in [6.45, 7) is 6.16. The van der Waals surface area contributed by atoms with E-state index in [9.17, 15) is 9.18 Å². The number of hydrogen-bond donors (Lipinski definition) is 1. The Morgan fingerprint density at radius 3 is 2.62 bits per heavy atom. The summed E-state index contributed by atoms with van der Waals surface area (Å²) < 4.78 is 14.5. The SMILES string of the molecule is CCN(CC)c1ncnc2c1cnn2CC(=O)NCc1ccc(F)cc1.